The van der Waals surface area contributed by atoms with Gasteiger partial charge in [-0.25, -0.2) is 9.78 Å². The summed E-state index contributed by atoms with van der Waals surface area (Å²) in [6.07, 6.45) is 2.39. The minimum Gasteiger partial charge on any atom is -0.478 e. The Hall–Kier alpha value is -2.18. The first-order chi connectivity index (χ1) is 10.7. The third-order valence-corrected chi connectivity index (χ3v) is 5.02. The number of aromatic nitrogens is 2. The molecule has 4 rings (SSSR count). The van der Waals surface area contributed by atoms with Crippen LogP contribution in [0.1, 0.15) is 34.2 Å². The number of carbonyl (C=O) groups is 1. The predicted octanol–water partition coefficient (Wildman–Crippen LogP) is 3.84. The largest absolute Gasteiger partial charge is 0.478 e. The van der Waals surface area contributed by atoms with Gasteiger partial charge in [-0.3, -0.25) is 0 Å². The predicted molar refractivity (Wildman–Crippen MR) is 84.3 cm³/mol. The third-order valence-electron chi connectivity index (χ3n) is 3.84. The van der Waals surface area contributed by atoms with Crippen molar-refractivity contribution in [1.82, 2.24) is 9.97 Å². The van der Waals surface area contributed by atoms with Crippen molar-refractivity contribution >= 4 is 28.3 Å². The molecule has 0 spiro atoms. The second-order valence-electron chi connectivity index (χ2n) is 5.33. The number of nitrogens with zero attached hydrogens (tertiary/aromatic N) is 1. The van der Waals surface area contributed by atoms with Crippen LogP contribution in [0.15, 0.2) is 30.3 Å². The standard InChI is InChI=1S/C16H14N2O3S/c19-16(20)9-3-4-10-11(8-9)18-15(17-10)14-6-5-13(22-14)12-2-1-7-21-12/h3-6,8,12H,1-2,7H2,(H,17,18)(H,19,20). The summed E-state index contributed by atoms with van der Waals surface area (Å²) in [5.41, 5.74) is 1.77. The van der Waals surface area contributed by atoms with E-state index in [9.17, 15) is 4.79 Å². The highest BCUT2D eigenvalue weighted by Gasteiger charge is 2.20. The smallest absolute Gasteiger partial charge is 0.335 e. The number of hydrogen-bond donors (Lipinski definition) is 2. The molecule has 22 heavy (non-hydrogen) atoms. The second kappa shape index (κ2) is 5.23. The van der Waals surface area contributed by atoms with E-state index >= 15 is 0 Å². The van der Waals surface area contributed by atoms with E-state index < -0.39 is 5.97 Å². The Morgan fingerprint density at radius 1 is 1.36 bits per heavy atom. The van der Waals surface area contributed by atoms with Crippen molar-refractivity contribution in [2.45, 2.75) is 18.9 Å². The van der Waals surface area contributed by atoms with Crippen LogP contribution in [0.2, 0.25) is 0 Å². The van der Waals surface area contributed by atoms with E-state index in [1.165, 1.54) is 4.88 Å². The van der Waals surface area contributed by atoms with Gasteiger partial charge in [-0.15, -0.1) is 11.3 Å². The molecule has 0 saturated carbocycles. The monoisotopic (exact) mass is 314 g/mol. The Kier molecular flexibility index (Phi) is 3.20. The maximum atomic E-state index is 11.0. The van der Waals surface area contributed by atoms with Crippen LogP contribution >= 0.6 is 11.3 Å². The zero-order valence-corrected chi connectivity index (χ0v) is 12.5. The fourth-order valence-electron chi connectivity index (χ4n) is 2.71. The minimum absolute atomic E-state index is 0.210. The highest BCUT2D eigenvalue weighted by molar-refractivity contribution is 7.15. The number of fused-ring (bicyclic) bond motifs is 1. The van der Waals surface area contributed by atoms with Crippen LogP contribution in [0.25, 0.3) is 21.7 Å². The van der Waals surface area contributed by atoms with Crippen molar-refractivity contribution in [1.29, 1.82) is 0 Å². The molecule has 1 atom stereocenters. The van der Waals surface area contributed by atoms with Crippen LogP contribution in [-0.4, -0.2) is 27.7 Å². The molecular formula is C16H14N2O3S. The van der Waals surface area contributed by atoms with Crippen molar-refractivity contribution in [3.8, 4) is 10.7 Å². The summed E-state index contributed by atoms with van der Waals surface area (Å²) < 4.78 is 5.70. The van der Waals surface area contributed by atoms with Crippen LogP contribution < -0.4 is 0 Å². The fraction of sp³-hybridized carbons (Fsp3) is 0.250. The van der Waals surface area contributed by atoms with Gasteiger partial charge in [0.1, 0.15) is 5.82 Å². The van der Waals surface area contributed by atoms with Crippen LogP contribution in [0.4, 0.5) is 0 Å². The topological polar surface area (TPSA) is 75.2 Å². The van der Waals surface area contributed by atoms with Crippen molar-refractivity contribution in [2.24, 2.45) is 0 Å². The number of H-pyrrole nitrogens is 1. The molecule has 1 aliphatic rings. The average Bonchev–Trinajstić information content (AvgIpc) is 3.24. The van der Waals surface area contributed by atoms with Gasteiger partial charge in [0.15, 0.2) is 0 Å². The molecule has 1 aromatic carbocycles. The first kappa shape index (κ1) is 13.5. The number of imidazole rings is 1. The van der Waals surface area contributed by atoms with Gasteiger partial charge in [0.2, 0.25) is 0 Å². The molecule has 5 nitrogen and oxygen atoms in total. The van der Waals surface area contributed by atoms with Gasteiger partial charge in [0, 0.05) is 11.5 Å². The van der Waals surface area contributed by atoms with E-state index in [1.54, 1.807) is 29.5 Å². The number of ether oxygens (including phenoxy) is 1. The van der Waals surface area contributed by atoms with E-state index in [2.05, 4.69) is 16.0 Å². The lowest BCUT2D eigenvalue weighted by molar-refractivity contribution is 0.0697. The normalized spacial score (nSPS) is 18.1. The van der Waals surface area contributed by atoms with E-state index in [1.807, 2.05) is 6.07 Å². The summed E-state index contributed by atoms with van der Waals surface area (Å²) >= 11 is 1.67. The highest BCUT2D eigenvalue weighted by Crippen LogP contribution is 2.36. The third kappa shape index (κ3) is 2.30. The van der Waals surface area contributed by atoms with Gasteiger partial charge in [0.05, 0.1) is 27.6 Å². The summed E-state index contributed by atoms with van der Waals surface area (Å²) in [5, 5.41) is 9.05. The number of hydrogen-bond acceptors (Lipinski definition) is 4. The molecule has 1 unspecified atom stereocenters. The van der Waals surface area contributed by atoms with Crippen LogP contribution in [-0.2, 0) is 4.74 Å². The SMILES string of the molecule is O=C(O)c1ccc2nc(-c3ccc(C4CCCO4)s3)[nH]c2c1. The molecule has 0 radical (unpaired) electrons. The molecule has 0 amide bonds. The summed E-state index contributed by atoms with van der Waals surface area (Å²) in [5.74, 6) is -0.165. The maximum Gasteiger partial charge on any atom is 0.335 e. The first-order valence-corrected chi connectivity index (χ1v) is 7.97. The highest BCUT2D eigenvalue weighted by atomic mass is 32.1. The molecule has 112 valence electrons. The summed E-state index contributed by atoms with van der Waals surface area (Å²) in [6, 6.07) is 9.04. The Bertz CT molecular complexity index is 846. The number of rotatable bonds is 3. The lowest BCUT2D eigenvalue weighted by atomic mass is 10.2. The molecule has 6 heteroatoms. The second-order valence-corrected chi connectivity index (χ2v) is 6.44. The van der Waals surface area contributed by atoms with Crippen LogP contribution in [0.3, 0.4) is 0 Å². The van der Waals surface area contributed by atoms with Crippen molar-refractivity contribution < 1.29 is 14.6 Å². The summed E-state index contributed by atoms with van der Waals surface area (Å²) in [7, 11) is 0. The Morgan fingerprint density at radius 3 is 3.05 bits per heavy atom. The van der Waals surface area contributed by atoms with Crippen molar-refractivity contribution in [3.05, 3.63) is 40.8 Å². The number of carboxylic acids is 1. The van der Waals surface area contributed by atoms with Gasteiger partial charge in [-0.05, 0) is 43.2 Å². The number of nitrogens with one attached hydrogen (secondary N) is 1. The minimum atomic E-state index is -0.935. The molecule has 1 saturated heterocycles. The van der Waals surface area contributed by atoms with Gasteiger partial charge in [0.25, 0.3) is 0 Å². The van der Waals surface area contributed by atoms with Gasteiger partial charge < -0.3 is 14.8 Å². The average molecular weight is 314 g/mol. The quantitative estimate of drug-likeness (QED) is 0.770. The molecule has 2 N–H and O–H groups in total. The maximum absolute atomic E-state index is 11.0. The molecule has 3 heterocycles. The molecule has 1 fully saturated rings. The van der Waals surface area contributed by atoms with Crippen molar-refractivity contribution in [2.75, 3.05) is 6.61 Å². The Morgan fingerprint density at radius 2 is 2.27 bits per heavy atom. The molecule has 2 aromatic heterocycles. The molecule has 0 bridgehead atoms. The Balaban J connectivity index is 1.70. The van der Waals surface area contributed by atoms with E-state index in [0.717, 1.165) is 41.2 Å². The molecule has 3 aromatic rings. The number of benzene rings is 1. The van der Waals surface area contributed by atoms with Gasteiger partial charge >= 0.3 is 5.97 Å². The number of carboxylic acid groups (broad SMARTS) is 1. The van der Waals surface area contributed by atoms with Crippen molar-refractivity contribution in [3.63, 3.8) is 0 Å². The van der Waals surface area contributed by atoms with Crippen LogP contribution in [0, 0.1) is 0 Å². The lowest BCUT2D eigenvalue weighted by Crippen LogP contribution is -1.94. The number of thiophene rings is 1. The Labute approximate surface area is 130 Å². The summed E-state index contributed by atoms with van der Waals surface area (Å²) in [6.45, 7) is 0.834. The lowest BCUT2D eigenvalue weighted by Gasteiger charge is -2.04. The van der Waals surface area contributed by atoms with E-state index in [-0.39, 0.29) is 11.7 Å². The molecule has 0 aliphatic carbocycles. The van der Waals surface area contributed by atoms with E-state index in [4.69, 9.17) is 9.84 Å². The zero-order valence-electron chi connectivity index (χ0n) is 11.7. The van der Waals surface area contributed by atoms with Gasteiger partial charge in [-0.1, -0.05) is 0 Å². The van der Waals surface area contributed by atoms with Gasteiger partial charge in [-0.2, -0.15) is 0 Å². The molecule has 1 aliphatic heterocycles. The number of aromatic amines is 1. The summed E-state index contributed by atoms with van der Waals surface area (Å²) in [4.78, 5) is 21.0. The molecular weight excluding hydrogens is 300 g/mol. The zero-order chi connectivity index (χ0) is 15.1. The fourth-order valence-corrected chi connectivity index (χ4v) is 3.75. The first-order valence-electron chi connectivity index (χ1n) is 7.15. The van der Waals surface area contributed by atoms with Crippen LogP contribution in [0.5, 0.6) is 0 Å². The van der Waals surface area contributed by atoms with E-state index in [0.29, 0.717) is 0 Å². The number of aromatic carboxylic acids is 1.